The lowest BCUT2D eigenvalue weighted by Crippen LogP contribution is -2.69. The Kier molecular flexibility index (Phi) is 17.8. The summed E-state index contributed by atoms with van der Waals surface area (Å²) in [5, 5.41) is 153. The lowest BCUT2D eigenvalue weighted by molar-refractivity contribution is -0.394. The van der Waals surface area contributed by atoms with Crippen LogP contribution in [0.25, 0.3) is 0 Å². The highest BCUT2D eigenvalue weighted by atomic mass is 16.8. The number of allylic oxidation sites excluding steroid dienone is 2. The standard InChI is InChI=1S/C57H92O25/c1-23-33(62)37(66)41(70)49(76-23)82-51(72)57-15-13-52(2,3)17-25(57)24-9-10-32-54(6)18-26(59)45(53(4,5)31(54)11-12-56(32,8)55(24,7)14-16-57)81-50-44(42(71)43(29(19-58)77-50)79-47-39(68)35(64)28(61)21-74-47)80-48-40(69)36(65)30(22-75-48)78-46-38(67)34(63)27(60)20-73-46/h9,23,25-50,58-71H,10-22H2,1-8H3/t23-,25-,26+,27-,28+,29+,30+,31-,32+,33-,34-,35-,36-,37+,38+,39+,40+,41+,42-,43+,44+,45-,46-,47-,48-,49-,50-,54-,55+,56+,57-/m0/s1. The summed E-state index contributed by atoms with van der Waals surface area (Å²) >= 11 is 0. The molecule has 0 aromatic carbocycles. The molecular formula is C57H92O25. The predicted octanol–water partition coefficient (Wildman–Crippen LogP) is -2.30. The van der Waals surface area contributed by atoms with Gasteiger partial charge in [0.05, 0.1) is 50.2 Å². The lowest BCUT2D eigenvalue weighted by atomic mass is 9.33. The Labute approximate surface area is 477 Å². The molecule has 31 atom stereocenters. The Hall–Kier alpha value is -1.71. The van der Waals surface area contributed by atoms with E-state index in [0.717, 1.165) is 19.3 Å². The van der Waals surface area contributed by atoms with E-state index in [9.17, 15) is 76.3 Å². The number of aliphatic hydroxyl groups excluding tert-OH is 14. The van der Waals surface area contributed by atoms with E-state index in [4.69, 9.17) is 47.4 Å². The van der Waals surface area contributed by atoms with Gasteiger partial charge >= 0.3 is 5.97 Å². The predicted molar refractivity (Wildman–Crippen MR) is 277 cm³/mol. The molecule has 0 amide bonds. The zero-order valence-electron chi connectivity index (χ0n) is 48.1. The van der Waals surface area contributed by atoms with E-state index in [1.165, 1.54) is 5.57 Å². The van der Waals surface area contributed by atoms with E-state index in [1.807, 2.05) is 13.8 Å². The van der Waals surface area contributed by atoms with Crippen LogP contribution in [0.4, 0.5) is 0 Å². The fourth-order valence-corrected chi connectivity index (χ4v) is 17.2. The topological polar surface area (TPSA) is 393 Å². The van der Waals surface area contributed by atoms with Crippen molar-refractivity contribution in [2.24, 2.45) is 50.2 Å². The van der Waals surface area contributed by atoms with Crippen LogP contribution in [0.3, 0.4) is 0 Å². The molecule has 0 bridgehead atoms. The average molecular weight is 1180 g/mol. The lowest BCUT2D eigenvalue weighted by Gasteiger charge is -2.71. The Morgan fingerprint density at radius 1 is 0.561 bits per heavy atom. The number of carbonyl (C=O) groups excluding carboxylic acids is 1. The van der Waals surface area contributed by atoms with Crippen molar-refractivity contribution in [1.29, 1.82) is 0 Å². The van der Waals surface area contributed by atoms with Crippen molar-refractivity contribution < 1.29 is 124 Å². The first-order valence-electron chi connectivity index (χ1n) is 29.5. The van der Waals surface area contributed by atoms with Crippen LogP contribution >= 0.6 is 0 Å². The second-order valence-corrected chi connectivity index (χ2v) is 27.9. The second kappa shape index (κ2) is 23.0. The van der Waals surface area contributed by atoms with Crippen molar-refractivity contribution >= 4 is 5.97 Å². The minimum atomic E-state index is -1.93. The first-order chi connectivity index (χ1) is 38.3. The molecule has 82 heavy (non-hydrogen) atoms. The van der Waals surface area contributed by atoms with Gasteiger partial charge in [-0.1, -0.05) is 60.1 Å². The van der Waals surface area contributed by atoms with Gasteiger partial charge in [0, 0.05) is 0 Å². The normalized spacial score (nSPS) is 54.8. The largest absolute Gasteiger partial charge is 0.432 e. The SMILES string of the molecule is C[C@@H]1O[C@@H](OC(=O)[C@]23CCC(C)(C)C[C@H]2C2=CC[C@@H]4[C@@]5(C)C[C@@H](O)[C@H](O[C@@H]6O[C@H](CO)[C@@H](O[C@@H]7OC[C@@H](O)[C@H](O)[C@H]7O)[C@H](O)[C@H]6O[C@@H]6OC[C@@H](O[C@@H]7OC[C@H](O)[C@H](O)[C@H]7O)[C@H](O)[C@H]6O)C(C)(C)[C@@H]5CC[C@@]4(C)[C@]2(C)CC3)[C@H](O)[C@H](O)[C@H]1O. The van der Waals surface area contributed by atoms with Gasteiger partial charge in [-0.05, 0) is 110 Å². The van der Waals surface area contributed by atoms with Crippen molar-refractivity contribution in [3.8, 4) is 0 Å². The summed E-state index contributed by atoms with van der Waals surface area (Å²) in [5.41, 5.74) is -1.89. The third-order valence-corrected chi connectivity index (χ3v) is 22.3. The molecule has 0 aromatic rings. The summed E-state index contributed by atoms with van der Waals surface area (Å²) in [7, 11) is 0. The number of hydrogen-bond acceptors (Lipinski definition) is 25. The summed E-state index contributed by atoms with van der Waals surface area (Å²) in [6, 6.07) is 0. The van der Waals surface area contributed by atoms with Crippen molar-refractivity contribution in [3.63, 3.8) is 0 Å². The number of rotatable bonds is 11. The Morgan fingerprint density at radius 3 is 1.77 bits per heavy atom. The molecule has 14 N–H and O–H groups in total. The second-order valence-electron chi connectivity index (χ2n) is 27.9. The van der Waals surface area contributed by atoms with E-state index < -0.39 is 201 Å². The first kappa shape index (κ1) is 63.3. The molecule has 4 saturated carbocycles. The highest BCUT2D eigenvalue weighted by Gasteiger charge is 2.71. The van der Waals surface area contributed by atoms with Gasteiger partial charge in [-0.2, -0.15) is 0 Å². The molecule has 25 nitrogen and oxygen atoms in total. The number of aliphatic hydroxyl groups is 14. The summed E-state index contributed by atoms with van der Waals surface area (Å²) < 4.78 is 59.8. The Balaban J connectivity index is 0.903. The van der Waals surface area contributed by atoms with Crippen LogP contribution in [0.15, 0.2) is 11.6 Å². The van der Waals surface area contributed by atoms with E-state index in [-0.39, 0.29) is 35.0 Å². The van der Waals surface area contributed by atoms with Crippen molar-refractivity contribution in [1.82, 2.24) is 0 Å². The molecule has 9 fully saturated rings. The molecule has 0 unspecified atom stereocenters. The zero-order chi connectivity index (χ0) is 59.7. The molecule has 0 aromatic heterocycles. The smallest absolute Gasteiger partial charge is 0.315 e. The fraction of sp³-hybridized carbons (Fsp3) is 0.947. The van der Waals surface area contributed by atoms with Gasteiger partial charge < -0.3 is 119 Å². The van der Waals surface area contributed by atoms with E-state index >= 15 is 0 Å². The maximum absolute atomic E-state index is 14.8. The summed E-state index contributed by atoms with van der Waals surface area (Å²) in [6.45, 7) is 14.8. The van der Waals surface area contributed by atoms with Gasteiger partial charge in [-0.25, -0.2) is 0 Å². The van der Waals surface area contributed by atoms with Crippen molar-refractivity contribution in [2.45, 2.75) is 261 Å². The number of hydrogen-bond donors (Lipinski definition) is 14. The fourth-order valence-electron chi connectivity index (χ4n) is 17.2. The maximum atomic E-state index is 14.8. The highest BCUT2D eigenvalue weighted by Crippen LogP contribution is 2.76. The number of ether oxygens (including phenoxy) is 10. The van der Waals surface area contributed by atoms with Crippen LogP contribution in [-0.4, -0.2) is 251 Å². The highest BCUT2D eigenvalue weighted by molar-refractivity contribution is 5.79. The molecule has 470 valence electrons. The Bertz CT molecular complexity index is 2290. The molecule has 0 radical (unpaired) electrons. The molecule has 10 aliphatic rings. The van der Waals surface area contributed by atoms with Gasteiger partial charge in [0.25, 0.3) is 0 Å². The molecule has 25 heteroatoms. The monoisotopic (exact) mass is 1180 g/mol. The Morgan fingerprint density at radius 2 is 1.13 bits per heavy atom. The van der Waals surface area contributed by atoms with Crippen molar-refractivity contribution in [2.75, 3.05) is 26.4 Å². The summed E-state index contributed by atoms with van der Waals surface area (Å²) in [6.07, 6.45) is -29.2. The van der Waals surface area contributed by atoms with Crippen LogP contribution in [0.5, 0.6) is 0 Å². The van der Waals surface area contributed by atoms with Crippen LogP contribution in [0.1, 0.15) is 113 Å². The molecular weight excluding hydrogens is 1080 g/mol. The number of fused-ring (bicyclic) bond motifs is 7. The minimum Gasteiger partial charge on any atom is -0.432 e. The molecule has 0 spiro atoms. The number of esters is 1. The zero-order valence-corrected chi connectivity index (χ0v) is 48.1. The van der Waals surface area contributed by atoms with Gasteiger partial charge in [0.15, 0.2) is 25.2 Å². The van der Waals surface area contributed by atoms with Crippen LogP contribution in [0, 0.1) is 50.2 Å². The average Bonchev–Trinajstić information content (AvgIpc) is 1.19. The van der Waals surface area contributed by atoms with E-state index in [2.05, 4.69) is 40.7 Å². The van der Waals surface area contributed by atoms with Crippen molar-refractivity contribution in [3.05, 3.63) is 11.6 Å². The van der Waals surface area contributed by atoms with Crippen LogP contribution in [0.2, 0.25) is 0 Å². The summed E-state index contributed by atoms with van der Waals surface area (Å²) in [5.74, 6) is -0.742. The van der Waals surface area contributed by atoms with E-state index in [1.54, 1.807) is 6.92 Å². The maximum Gasteiger partial charge on any atom is 0.315 e. The minimum absolute atomic E-state index is 0.0323. The first-order valence-corrected chi connectivity index (χ1v) is 29.5. The molecule has 5 aliphatic heterocycles. The molecule has 5 heterocycles. The quantitative estimate of drug-likeness (QED) is 0.0588. The third-order valence-electron chi connectivity index (χ3n) is 22.3. The van der Waals surface area contributed by atoms with Crippen LogP contribution in [-0.2, 0) is 52.2 Å². The van der Waals surface area contributed by atoms with Gasteiger partial charge in [0.2, 0.25) is 6.29 Å². The number of carbonyl (C=O) groups is 1. The third kappa shape index (κ3) is 10.5. The van der Waals surface area contributed by atoms with E-state index in [0.29, 0.717) is 32.1 Å². The van der Waals surface area contributed by atoms with Gasteiger partial charge in [0.1, 0.15) is 97.7 Å². The summed E-state index contributed by atoms with van der Waals surface area (Å²) in [4.78, 5) is 14.8. The molecule has 5 aliphatic carbocycles. The van der Waals surface area contributed by atoms with Gasteiger partial charge in [-0.15, -0.1) is 0 Å². The molecule has 5 saturated heterocycles. The van der Waals surface area contributed by atoms with Crippen LogP contribution < -0.4 is 0 Å². The molecule has 10 rings (SSSR count). The van der Waals surface area contributed by atoms with Gasteiger partial charge in [-0.3, -0.25) is 4.79 Å².